The van der Waals surface area contributed by atoms with Crippen molar-refractivity contribution in [2.24, 2.45) is 5.92 Å². The molecule has 1 aromatic rings. The van der Waals surface area contributed by atoms with E-state index in [2.05, 4.69) is 5.32 Å². The summed E-state index contributed by atoms with van der Waals surface area (Å²) in [5.74, 6) is 0.368. The molecule has 1 fully saturated rings. The van der Waals surface area contributed by atoms with Crippen molar-refractivity contribution < 1.29 is 13.2 Å². The molecule has 1 aliphatic heterocycles. The maximum absolute atomic E-state index is 12.8. The van der Waals surface area contributed by atoms with E-state index in [-0.39, 0.29) is 23.2 Å². The first-order valence-electron chi connectivity index (χ1n) is 8.89. The highest BCUT2D eigenvalue weighted by Gasteiger charge is 2.29. The fourth-order valence-corrected chi connectivity index (χ4v) is 5.08. The predicted octanol–water partition coefficient (Wildman–Crippen LogP) is 2.13. The zero-order chi connectivity index (χ0) is 18.6. The number of nitrogens with one attached hydrogen (secondary N) is 1. The molecule has 1 amide bonds. The molecule has 1 atom stereocenters. The number of rotatable bonds is 7. The van der Waals surface area contributed by atoms with Crippen LogP contribution in [0.2, 0.25) is 0 Å². The molecule has 6 nitrogen and oxygen atoms in total. The molecular weight excluding hydrogens is 374 g/mol. The quantitative estimate of drug-likeness (QED) is 0.757. The highest BCUT2D eigenvalue weighted by atomic mass is 35.5. The Labute approximate surface area is 163 Å². The third-order valence-electron chi connectivity index (χ3n) is 4.82. The second kappa shape index (κ2) is 9.69. The molecule has 1 N–H and O–H groups in total. The van der Waals surface area contributed by atoms with Crippen LogP contribution in [0.25, 0.3) is 0 Å². The smallest absolute Gasteiger partial charge is 0.253 e. The number of amides is 1. The van der Waals surface area contributed by atoms with E-state index < -0.39 is 10.0 Å². The molecule has 2 rings (SSSR count). The number of carbonyl (C=O) groups is 1. The third kappa shape index (κ3) is 4.76. The summed E-state index contributed by atoms with van der Waals surface area (Å²) in [5.41, 5.74) is 1.11. The van der Waals surface area contributed by atoms with Crippen LogP contribution in [0.5, 0.6) is 0 Å². The normalized spacial score (nSPS) is 17.4. The standard InChI is InChI=1S/C18H29N3O3S.ClH/c1-5-21(6-2)25(23,24)17-11-16(8-7-14(17)3)18(22)20-10-9-15(13-20)12-19-4;/h7-8,11,15,19H,5-6,9-10,12-13H2,1-4H3;1H. The van der Waals surface area contributed by atoms with E-state index in [0.29, 0.717) is 36.7 Å². The Morgan fingerprint density at radius 1 is 1.31 bits per heavy atom. The van der Waals surface area contributed by atoms with Gasteiger partial charge >= 0.3 is 0 Å². The molecular formula is C18H30ClN3O3S. The highest BCUT2D eigenvalue weighted by molar-refractivity contribution is 7.89. The van der Waals surface area contributed by atoms with Gasteiger partial charge in [0.1, 0.15) is 0 Å². The van der Waals surface area contributed by atoms with E-state index in [1.54, 1.807) is 19.1 Å². The summed E-state index contributed by atoms with van der Waals surface area (Å²) in [6, 6.07) is 4.99. The minimum atomic E-state index is -3.58. The molecule has 0 bridgehead atoms. The van der Waals surface area contributed by atoms with Crippen LogP contribution in [0.3, 0.4) is 0 Å². The van der Waals surface area contributed by atoms with Crippen molar-refractivity contribution in [2.45, 2.75) is 32.1 Å². The van der Waals surface area contributed by atoms with E-state index in [0.717, 1.165) is 19.5 Å². The van der Waals surface area contributed by atoms with Crippen molar-refractivity contribution in [3.05, 3.63) is 29.3 Å². The van der Waals surface area contributed by atoms with Gasteiger partial charge in [0.25, 0.3) is 5.91 Å². The first-order valence-corrected chi connectivity index (χ1v) is 10.3. The van der Waals surface area contributed by atoms with E-state index in [1.807, 2.05) is 25.8 Å². The number of hydrogen-bond acceptors (Lipinski definition) is 4. The second-order valence-corrected chi connectivity index (χ2v) is 8.44. The summed E-state index contributed by atoms with van der Waals surface area (Å²) in [5, 5.41) is 3.15. The summed E-state index contributed by atoms with van der Waals surface area (Å²) < 4.78 is 27.1. The maximum atomic E-state index is 12.8. The van der Waals surface area contributed by atoms with Gasteiger partial charge in [-0.1, -0.05) is 19.9 Å². The van der Waals surface area contributed by atoms with Crippen LogP contribution < -0.4 is 5.32 Å². The number of halogens is 1. The van der Waals surface area contributed by atoms with Gasteiger partial charge in [0, 0.05) is 31.7 Å². The molecule has 148 valence electrons. The predicted molar refractivity (Wildman–Crippen MR) is 106 cm³/mol. The average Bonchev–Trinajstić information content (AvgIpc) is 3.04. The lowest BCUT2D eigenvalue weighted by atomic mass is 10.1. The van der Waals surface area contributed by atoms with Gasteiger partial charge in [-0.25, -0.2) is 8.42 Å². The number of aryl methyl sites for hydroxylation is 1. The monoisotopic (exact) mass is 403 g/mol. The molecule has 1 heterocycles. The largest absolute Gasteiger partial charge is 0.338 e. The lowest BCUT2D eigenvalue weighted by molar-refractivity contribution is 0.0787. The van der Waals surface area contributed by atoms with Gasteiger partial charge in [-0.2, -0.15) is 4.31 Å². The SMILES string of the molecule is CCN(CC)S(=O)(=O)c1cc(C(=O)N2CCC(CNC)C2)ccc1C.Cl. The van der Waals surface area contributed by atoms with Crippen molar-refractivity contribution >= 4 is 28.3 Å². The molecule has 0 spiro atoms. The fourth-order valence-electron chi connectivity index (χ4n) is 3.37. The zero-order valence-corrected chi connectivity index (χ0v) is 17.6. The van der Waals surface area contributed by atoms with Crippen LogP contribution in [0.4, 0.5) is 0 Å². The van der Waals surface area contributed by atoms with Crippen molar-refractivity contribution in [1.29, 1.82) is 0 Å². The minimum Gasteiger partial charge on any atom is -0.338 e. The molecule has 0 aromatic heterocycles. The molecule has 1 unspecified atom stereocenters. The summed E-state index contributed by atoms with van der Waals surface area (Å²) >= 11 is 0. The van der Waals surface area contributed by atoms with Crippen molar-refractivity contribution in [2.75, 3.05) is 39.8 Å². The van der Waals surface area contributed by atoms with Gasteiger partial charge in [0.05, 0.1) is 4.90 Å². The van der Waals surface area contributed by atoms with E-state index in [9.17, 15) is 13.2 Å². The van der Waals surface area contributed by atoms with Crippen LogP contribution in [0, 0.1) is 12.8 Å². The Morgan fingerprint density at radius 2 is 1.96 bits per heavy atom. The Morgan fingerprint density at radius 3 is 2.54 bits per heavy atom. The molecule has 1 aromatic carbocycles. The number of nitrogens with zero attached hydrogens (tertiary/aromatic N) is 2. The van der Waals surface area contributed by atoms with Gasteiger partial charge < -0.3 is 10.2 Å². The molecule has 0 radical (unpaired) electrons. The molecule has 8 heteroatoms. The van der Waals surface area contributed by atoms with Gasteiger partial charge in [0.2, 0.25) is 10.0 Å². The molecule has 1 saturated heterocycles. The number of carbonyl (C=O) groups excluding carboxylic acids is 1. The first-order chi connectivity index (χ1) is 11.8. The van der Waals surface area contributed by atoms with Gasteiger partial charge in [-0.3, -0.25) is 4.79 Å². The number of benzene rings is 1. The van der Waals surface area contributed by atoms with Crippen LogP contribution >= 0.6 is 12.4 Å². The average molecular weight is 404 g/mol. The van der Waals surface area contributed by atoms with Crippen LogP contribution in [0.1, 0.15) is 36.2 Å². The topological polar surface area (TPSA) is 69.7 Å². The second-order valence-electron chi connectivity index (χ2n) is 6.53. The Balaban J connectivity index is 0.00000338. The number of likely N-dealkylation sites (tertiary alicyclic amines) is 1. The van der Waals surface area contributed by atoms with Crippen LogP contribution in [-0.4, -0.2) is 63.3 Å². The number of hydrogen-bond donors (Lipinski definition) is 1. The van der Waals surface area contributed by atoms with Crippen LogP contribution in [-0.2, 0) is 10.0 Å². The maximum Gasteiger partial charge on any atom is 0.253 e. The lowest BCUT2D eigenvalue weighted by Crippen LogP contribution is -2.32. The lowest BCUT2D eigenvalue weighted by Gasteiger charge is -2.21. The van der Waals surface area contributed by atoms with Gasteiger partial charge in [0.15, 0.2) is 0 Å². The highest BCUT2D eigenvalue weighted by Crippen LogP contribution is 2.24. The Hall–Kier alpha value is -1.15. The molecule has 1 aliphatic rings. The van der Waals surface area contributed by atoms with Gasteiger partial charge in [-0.05, 0) is 50.6 Å². The van der Waals surface area contributed by atoms with E-state index in [4.69, 9.17) is 0 Å². The molecule has 26 heavy (non-hydrogen) atoms. The summed E-state index contributed by atoms with van der Waals surface area (Å²) in [6.07, 6.45) is 0.975. The third-order valence-corrected chi connectivity index (χ3v) is 7.02. The molecule has 0 aliphatic carbocycles. The van der Waals surface area contributed by atoms with Crippen LogP contribution in [0.15, 0.2) is 23.1 Å². The van der Waals surface area contributed by atoms with Crippen molar-refractivity contribution in [3.8, 4) is 0 Å². The number of sulfonamides is 1. The summed E-state index contributed by atoms with van der Waals surface area (Å²) in [4.78, 5) is 14.8. The van der Waals surface area contributed by atoms with Gasteiger partial charge in [-0.15, -0.1) is 12.4 Å². The van der Waals surface area contributed by atoms with Crippen molar-refractivity contribution in [3.63, 3.8) is 0 Å². The fraction of sp³-hybridized carbons (Fsp3) is 0.611. The Bertz CT molecular complexity index is 720. The summed E-state index contributed by atoms with van der Waals surface area (Å²) in [6.45, 7) is 8.54. The molecule has 0 saturated carbocycles. The van der Waals surface area contributed by atoms with Crippen molar-refractivity contribution in [1.82, 2.24) is 14.5 Å². The van der Waals surface area contributed by atoms with E-state index in [1.165, 1.54) is 10.4 Å². The summed E-state index contributed by atoms with van der Waals surface area (Å²) in [7, 11) is -1.67. The Kier molecular flexibility index (Phi) is 8.53. The zero-order valence-electron chi connectivity index (χ0n) is 16.0. The van der Waals surface area contributed by atoms with E-state index >= 15 is 0 Å². The minimum absolute atomic E-state index is 0. The first kappa shape index (κ1) is 22.9.